The van der Waals surface area contributed by atoms with Crippen LogP contribution in [0.2, 0.25) is 0 Å². The van der Waals surface area contributed by atoms with Crippen molar-refractivity contribution in [2.24, 2.45) is 0 Å². The Morgan fingerprint density at radius 3 is 2.89 bits per heavy atom. The van der Waals surface area contributed by atoms with Gasteiger partial charge in [-0.3, -0.25) is 0 Å². The molecule has 3 nitrogen and oxygen atoms in total. The third-order valence-corrected chi connectivity index (χ3v) is 3.34. The Bertz CT molecular complexity index is 465. The van der Waals surface area contributed by atoms with Gasteiger partial charge in [0.1, 0.15) is 5.82 Å². The molecular formula is C14H18FN3. The predicted octanol–water partition coefficient (Wildman–Crippen LogP) is 2.23. The molecule has 0 aliphatic carbocycles. The topological polar surface area (TPSA) is 30.3 Å². The molecule has 1 fully saturated rings. The minimum Gasteiger partial charge on any atom is -0.365 e. The summed E-state index contributed by atoms with van der Waals surface area (Å²) in [6, 6.07) is 7.05. The predicted molar refractivity (Wildman–Crippen MR) is 70.0 cm³/mol. The van der Waals surface area contributed by atoms with Gasteiger partial charge in [-0.15, -0.1) is 0 Å². The van der Waals surface area contributed by atoms with E-state index >= 15 is 0 Å². The van der Waals surface area contributed by atoms with E-state index in [0.29, 0.717) is 17.3 Å². The summed E-state index contributed by atoms with van der Waals surface area (Å²) in [5.41, 5.74) is 0.998. The van der Waals surface area contributed by atoms with Gasteiger partial charge in [0.2, 0.25) is 0 Å². The SMILES string of the molecule is CN(C)CC1CCCN1c1ccc(C#N)cc1F. The maximum atomic E-state index is 14.0. The molecule has 4 heteroatoms. The number of nitriles is 1. The summed E-state index contributed by atoms with van der Waals surface area (Å²) in [7, 11) is 4.07. The van der Waals surface area contributed by atoms with Crippen LogP contribution in [-0.4, -0.2) is 38.1 Å². The average molecular weight is 247 g/mol. The molecule has 0 N–H and O–H groups in total. The molecule has 0 saturated carbocycles. The molecule has 0 amide bonds. The Hall–Kier alpha value is -1.60. The van der Waals surface area contributed by atoms with Gasteiger partial charge in [-0.1, -0.05) is 0 Å². The second kappa shape index (κ2) is 5.36. The zero-order chi connectivity index (χ0) is 13.1. The molecule has 1 saturated heterocycles. The summed E-state index contributed by atoms with van der Waals surface area (Å²) in [5, 5.41) is 8.75. The minimum atomic E-state index is -0.292. The van der Waals surface area contributed by atoms with Gasteiger partial charge < -0.3 is 9.80 Å². The van der Waals surface area contributed by atoms with E-state index in [1.807, 2.05) is 20.2 Å². The Labute approximate surface area is 107 Å². The lowest BCUT2D eigenvalue weighted by Gasteiger charge is -2.29. The van der Waals surface area contributed by atoms with Crippen molar-refractivity contribution in [3.8, 4) is 6.07 Å². The number of halogens is 1. The number of likely N-dealkylation sites (N-methyl/N-ethyl adjacent to an activating group) is 1. The summed E-state index contributed by atoms with van der Waals surface area (Å²) >= 11 is 0. The van der Waals surface area contributed by atoms with Crippen LogP contribution >= 0.6 is 0 Å². The Morgan fingerprint density at radius 1 is 1.50 bits per heavy atom. The second-order valence-electron chi connectivity index (χ2n) is 5.03. The summed E-state index contributed by atoms with van der Waals surface area (Å²) in [6.07, 6.45) is 2.19. The second-order valence-corrected chi connectivity index (χ2v) is 5.03. The van der Waals surface area contributed by atoms with E-state index in [2.05, 4.69) is 9.80 Å². The first-order valence-electron chi connectivity index (χ1n) is 6.23. The van der Waals surface area contributed by atoms with E-state index in [4.69, 9.17) is 5.26 Å². The van der Waals surface area contributed by atoms with Crippen molar-refractivity contribution in [2.45, 2.75) is 18.9 Å². The van der Waals surface area contributed by atoms with Crippen LogP contribution in [0.4, 0.5) is 10.1 Å². The lowest BCUT2D eigenvalue weighted by Crippen LogP contribution is -2.38. The zero-order valence-electron chi connectivity index (χ0n) is 10.9. The molecule has 96 valence electrons. The van der Waals surface area contributed by atoms with E-state index in [9.17, 15) is 4.39 Å². The maximum Gasteiger partial charge on any atom is 0.147 e. The molecule has 1 aromatic rings. The number of hydrogen-bond acceptors (Lipinski definition) is 3. The van der Waals surface area contributed by atoms with E-state index in [1.54, 1.807) is 12.1 Å². The molecule has 1 unspecified atom stereocenters. The molecule has 0 aromatic heterocycles. The molecule has 2 rings (SSSR count). The van der Waals surface area contributed by atoms with Crippen molar-refractivity contribution in [1.29, 1.82) is 5.26 Å². The fraction of sp³-hybridized carbons (Fsp3) is 0.500. The monoisotopic (exact) mass is 247 g/mol. The fourth-order valence-corrected chi connectivity index (χ4v) is 2.57. The van der Waals surface area contributed by atoms with E-state index < -0.39 is 0 Å². The molecule has 1 heterocycles. The summed E-state index contributed by atoms with van der Waals surface area (Å²) in [6.45, 7) is 1.82. The molecule has 0 spiro atoms. The first kappa shape index (κ1) is 12.8. The first-order valence-corrected chi connectivity index (χ1v) is 6.23. The molecular weight excluding hydrogens is 229 g/mol. The van der Waals surface area contributed by atoms with Crippen LogP contribution in [0.3, 0.4) is 0 Å². The van der Waals surface area contributed by atoms with E-state index in [1.165, 1.54) is 6.07 Å². The highest BCUT2D eigenvalue weighted by Crippen LogP contribution is 2.28. The molecule has 0 radical (unpaired) electrons. The molecule has 18 heavy (non-hydrogen) atoms. The Morgan fingerprint density at radius 2 is 2.28 bits per heavy atom. The average Bonchev–Trinajstić information content (AvgIpc) is 2.76. The van der Waals surface area contributed by atoms with Gasteiger partial charge in [0, 0.05) is 19.1 Å². The van der Waals surface area contributed by atoms with Crippen molar-refractivity contribution in [2.75, 3.05) is 32.1 Å². The third-order valence-electron chi connectivity index (χ3n) is 3.34. The largest absolute Gasteiger partial charge is 0.365 e. The maximum absolute atomic E-state index is 14.0. The van der Waals surface area contributed by atoms with Gasteiger partial charge in [-0.05, 0) is 45.1 Å². The van der Waals surface area contributed by atoms with Crippen molar-refractivity contribution < 1.29 is 4.39 Å². The highest BCUT2D eigenvalue weighted by Gasteiger charge is 2.26. The van der Waals surface area contributed by atoms with Gasteiger partial charge >= 0.3 is 0 Å². The number of benzene rings is 1. The molecule has 1 aliphatic heterocycles. The van der Waals surface area contributed by atoms with E-state index in [-0.39, 0.29) is 5.82 Å². The van der Waals surface area contributed by atoms with Gasteiger partial charge in [-0.2, -0.15) is 5.26 Å². The van der Waals surface area contributed by atoms with Crippen molar-refractivity contribution in [3.05, 3.63) is 29.6 Å². The highest BCUT2D eigenvalue weighted by molar-refractivity contribution is 5.52. The van der Waals surface area contributed by atoms with Crippen molar-refractivity contribution in [3.63, 3.8) is 0 Å². The minimum absolute atomic E-state index is 0.292. The number of rotatable bonds is 3. The van der Waals surface area contributed by atoms with Crippen LogP contribution in [0.15, 0.2) is 18.2 Å². The Balaban J connectivity index is 2.22. The van der Waals surface area contributed by atoms with Crippen LogP contribution in [0, 0.1) is 17.1 Å². The normalized spacial score (nSPS) is 19.3. The third kappa shape index (κ3) is 2.62. The summed E-state index contributed by atoms with van der Waals surface area (Å²) in [5.74, 6) is -0.292. The van der Waals surface area contributed by atoms with Crippen LogP contribution < -0.4 is 4.90 Å². The number of anilines is 1. The smallest absolute Gasteiger partial charge is 0.147 e. The molecule has 1 atom stereocenters. The quantitative estimate of drug-likeness (QED) is 0.820. The van der Waals surface area contributed by atoms with Crippen LogP contribution in [-0.2, 0) is 0 Å². The van der Waals surface area contributed by atoms with Crippen LogP contribution in [0.5, 0.6) is 0 Å². The summed E-state index contributed by atoms with van der Waals surface area (Å²) < 4.78 is 14.0. The lowest BCUT2D eigenvalue weighted by molar-refractivity contribution is 0.371. The fourth-order valence-electron chi connectivity index (χ4n) is 2.57. The molecule has 1 aliphatic rings. The van der Waals surface area contributed by atoms with Crippen molar-refractivity contribution >= 4 is 5.69 Å². The standard InChI is InChI=1S/C14H18FN3/c1-17(2)10-12-4-3-7-18(12)14-6-5-11(9-16)8-13(14)15/h5-6,8,12H,3-4,7,10H2,1-2H3. The molecule has 1 aromatic carbocycles. The Kier molecular flexibility index (Phi) is 3.83. The van der Waals surface area contributed by atoms with Gasteiger partial charge in [0.25, 0.3) is 0 Å². The van der Waals surface area contributed by atoms with Gasteiger partial charge in [-0.25, -0.2) is 4.39 Å². The van der Waals surface area contributed by atoms with Gasteiger partial charge in [0.15, 0.2) is 0 Å². The molecule has 0 bridgehead atoms. The first-order chi connectivity index (χ1) is 8.61. The van der Waals surface area contributed by atoms with E-state index in [0.717, 1.165) is 25.9 Å². The number of nitrogens with zero attached hydrogens (tertiary/aromatic N) is 3. The van der Waals surface area contributed by atoms with Gasteiger partial charge in [0.05, 0.1) is 17.3 Å². The number of hydrogen-bond donors (Lipinski definition) is 0. The van der Waals surface area contributed by atoms with Crippen molar-refractivity contribution in [1.82, 2.24) is 4.90 Å². The summed E-state index contributed by atoms with van der Waals surface area (Å²) in [4.78, 5) is 4.25. The zero-order valence-corrected chi connectivity index (χ0v) is 10.9. The highest BCUT2D eigenvalue weighted by atomic mass is 19.1. The van der Waals surface area contributed by atoms with Crippen LogP contribution in [0.25, 0.3) is 0 Å². The lowest BCUT2D eigenvalue weighted by atomic mass is 10.1. The van der Waals surface area contributed by atoms with Crippen LogP contribution in [0.1, 0.15) is 18.4 Å².